The molecule has 6 nitrogen and oxygen atoms in total. The van der Waals surface area contributed by atoms with Crippen LogP contribution in [0.15, 0.2) is 53.4 Å². The first-order valence-corrected chi connectivity index (χ1v) is 9.38. The molecule has 1 aromatic carbocycles. The van der Waals surface area contributed by atoms with Gasteiger partial charge >= 0.3 is 6.18 Å². The molecule has 11 heteroatoms. The number of rotatable bonds is 5. The number of benzene rings is 1. The summed E-state index contributed by atoms with van der Waals surface area (Å²) in [6, 6.07) is 4.29. The Labute approximate surface area is 180 Å². The van der Waals surface area contributed by atoms with Gasteiger partial charge in [-0.05, 0) is 36.8 Å². The largest absolute Gasteiger partial charge is 0.452 e. The van der Waals surface area contributed by atoms with E-state index in [1.165, 1.54) is 30.6 Å². The van der Waals surface area contributed by atoms with E-state index >= 15 is 0 Å². The van der Waals surface area contributed by atoms with Gasteiger partial charge in [0.2, 0.25) is 0 Å². The molecule has 5 N–H and O–H groups in total. The summed E-state index contributed by atoms with van der Waals surface area (Å²) in [5, 5.41) is 8.06. The van der Waals surface area contributed by atoms with Crippen molar-refractivity contribution < 1.29 is 26.7 Å². The van der Waals surface area contributed by atoms with Gasteiger partial charge in [0.05, 0.1) is 5.71 Å². The van der Waals surface area contributed by atoms with Gasteiger partial charge in [-0.2, -0.15) is 13.2 Å². The third-order valence-electron chi connectivity index (χ3n) is 4.92. The molecule has 0 radical (unpaired) electrons. The topological polar surface area (TPSA) is 110 Å². The number of halogens is 5. The summed E-state index contributed by atoms with van der Waals surface area (Å²) in [4.78, 5) is 7.78. The SMILES string of the molecule is C/C(N)=C/C(=N)c1cncc(-c2ccc(F)c([C@]3(CF)C[C@@H](C(F)(F)F)OC(N)=N3)c2)c1. The Morgan fingerprint density at radius 1 is 1.28 bits per heavy atom. The third-order valence-corrected chi connectivity index (χ3v) is 4.92. The fourth-order valence-electron chi connectivity index (χ4n) is 3.40. The number of aromatic nitrogens is 1. The first kappa shape index (κ1) is 23.2. The van der Waals surface area contributed by atoms with E-state index in [1.54, 1.807) is 13.0 Å². The summed E-state index contributed by atoms with van der Waals surface area (Å²) in [5.74, 6) is -0.940. The Kier molecular flexibility index (Phi) is 6.20. The summed E-state index contributed by atoms with van der Waals surface area (Å²) in [6.45, 7) is 0.191. The van der Waals surface area contributed by atoms with Crippen molar-refractivity contribution in [1.82, 2.24) is 4.98 Å². The summed E-state index contributed by atoms with van der Waals surface area (Å²) >= 11 is 0. The molecule has 0 saturated heterocycles. The van der Waals surface area contributed by atoms with Crippen molar-refractivity contribution in [1.29, 1.82) is 5.41 Å². The third kappa shape index (κ3) is 4.71. The predicted molar refractivity (Wildman–Crippen MR) is 109 cm³/mol. The highest BCUT2D eigenvalue weighted by molar-refractivity contribution is 6.07. The van der Waals surface area contributed by atoms with Crippen LogP contribution < -0.4 is 11.5 Å². The molecule has 0 aliphatic carbocycles. The molecule has 1 aliphatic rings. The Hall–Kier alpha value is -3.50. The number of nitrogens with one attached hydrogen (secondary N) is 1. The lowest BCUT2D eigenvalue weighted by Gasteiger charge is -2.36. The van der Waals surface area contributed by atoms with E-state index < -0.39 is 48.3 Å². The van der Waals surface area contributed by atoms with Gasteiger partial charge in [0.15, 0.2) is 6.10 Å². The van der Waals surface area contributed by atoms with Crippen molar-refractivity contribution in [2.24, 2.45) is 16.5 Å². The fourth-order valence-corrected chi connectivity index (χ4v) is 3.40. The Morgan fingerprint density at radius 2 is 2.00 bits per heavy atom. The number of allylic oxidation sites excluding steroid dienone is 2. The molecule has 2 aromatic rings. The number of pyridine rings is 1. The standard InChI is InChI=1S/C21H20F5N5O/c1-11(27)4-17(28)14-5-13(8-30-9-14)12-2-3-16(23)15(6-12)20(10-22)7-18(21(24,25)26)32-19(29)31-20/h2-6,8-9,18,28H,7,10,27H2,1H3,(H2,29,31)/b11-4-,28-17?/t18-,20+/m0/s1. The van der Waals surface area contributed by atoms with E-state index in [4.69, 9.17) is 16.9 Å². The first-order valence-electron chi connectivity index (χ1n) is 9.38. The van der Waals surface area contributed by atoms with Crippen LogP contribution in [0.25, 0.3) is 11.1 Å². The number of aliphatic imine (C=N–C) groups is 1. The van der Waals surface area contributed by atoms with E-state index in [9.17, 15) is 22.0 Å². The second-order valence-corrected chi connectivity index (χ2v) is 7.43. The molecule has 1 aromatic heterocycles. The lowest BCUT2D eigenvalue weighted by molar-refractivity contribution is -0.209. The van der Waals surface area contributed by atoms with Gasteiger partial charge < -0.3 is 21.6 Å². The molecule has 0 fully saturated rings. The highest BCUT2D eigenvalue weighted by Gasteiger charge is 2.52. The maximum atomic E-state index is 14.7. The Morgan fingerprint density at radius 3 is 2.62 bits per heavy atom. The van der Waals surface area contributed by atoms with Crippen LogP contribution in [0.1, 0.15) is 24.5 Å². The Balaban J connectivity index is 2.09. The maximum absolute atomic E-state index is 14.7. The molecule has 0 spiro atoms. The van der Waals surface area contributed by atoms with Crippen LogP contribution in [-0.2, 0) is 10.3 Å². The van der Waals surface area contributed by atoms with Crippen molar-refractivity contribution in [3.05, 3.63) is 65.4 Å². The molecule has 0 unspecified atom stereocenters. The van der Waals surface area contributed by atoms with Crippen molar-refractivity contribution in [3.63, 3.8) is 0 Å². The zero-order valence-corrected chi connectivity index (χ0v) is 16.9. The summed E-state index contributed by atoms with van der Waals surface area (Å²) in [7, 11) is 0. The van der Waals surface area contributed by atoms with E-state index in [2.05, 4.69) is 14.7 Å². The Bertz CT molecular complexity index is 1090. The van der Waals surface area contributed by atoms with Crippen LogP contribution in [-0.4, -0.2) is 35.7 Å². The van der Waals surface area contributed by atoms with Crippen molar-refractivity contribution >= 4 is 11.7 Å². The molecule has 3 rings (SSSR count). The normalized spacial score (nSPS) is 21.6. The van der Waals surface area contributed by atoms with Crippen molar-refractivity contribution in [3.8, 4) is 11.1 Å². The van der Waals surface area contributed by atoms with Crippen molar-refractivity contribution in [2.75, 3.05) is 6.67 Å². The second-order valence-electron chi connectivity index (χ2n) is 7.43. The van der Waals surface area contributed by atoms with Gasteiger partial charge in [-0.25, -0.2) is 13.8 Å². The van der Waals surface area contributed by atoms with Gasteiger partial charge in [0.1, 0.15) is 18.0 Å². The molecular formula is C21H20F5N5O. The molecule has 2 atom stereocenters. The number of amidine groups is 1. The number of hydrogen-bond donors (Lipinski definition) is 3. The highest BCUT2D eigenvalue weighted by Crippen LogP contribution is 2.42. The van der Waals surface area contributed by atoms with E-state index in [0.717, 1.165) is 6.07 Å². The van der Waals surface area contributed by atoms with E-state index in [-0.39, 0.29) is 5.71 Å². The summed E-state index contributed by atoms with van der Waals surface area (Å²) in [5.41, 5.74) is 10.0. The predicted octanol–water partition coefficient (Wildman–Crippen LogP) is 3.95. The van der Waals surface area contributed by atoms with Crippen molar-refractivity contribution in [2.45, 2.75) is 31.2 Å². The van der Waals surface area contributed by atoms with Crippen LogP contribution in [0, 0.1) is 11.2 Å². The van der Waals surface area contributed by atoms with Crippen LogP contribution in [0.3, 0.4) is 0 Å². The molecular weight excluding hydrogens is 433 g/mol. The average molecular weight is 453 g/mol. The minimum atomic E-state index is -4.84. The van der Waals surface area contributed by atoms with Crippen LogP contribution >= 0.6 is 0 Å². The van der Waals surface area contributed by atoms with Gasteiger partial charge in [-0.15, -0.1) is 0 Å². The second kappa shape index (κ2) is 8.56. The summed E-state index contributed by atoms with van der Waals surface area (Å²) < 4.78 is 73.2. The molecule has 2 heterocycles. The monoisotopic (exact) mass is 453 g/mol. The molecule has 170 valence electrons. The zero-order valence-electron chi connectivity index (χ0n) is 16.9. The fraction of sp³-hybridized carbons (Fsp3) is 0.286. The lowest BCUT2D eigenvalue weighted by atomic mass is 9.83. The summed E-state index contributed by atoms with van der Waals surface area (Å²) in [6.07, 6.45) is -3.98. The molecule has 32 heavy (non-hydrogen) atoms. The number of ether oxygens (including phenoxy) is 1. The quantitative estimate of drug-likeness (QED) is 0.470. The minimum absolute atomic E-state index is 0.0803. The molecule has 0 amide bonds. The number of alkyl halides is 4. The minimum Gasteiger partial charge on any atom is -0.452 e. The van der Waals surface area contributed by atoms with Gasteiger partial charge in [0, 0.05) is 41.2 Å². The molecule has 0 saturated carbocycles. The van der Waals surface area contributed by atoms with E-state index in [0.29, 0.717) is 22.4 Å². The first-order chi connectivity index (χ1) is 14.9. The van der Waals surface area contributed by atoms with Gasteiger partial charge in [-0.3, -0.25) is 4.98 Å². The average Bonchev–Trinajstić information content (AvgIpc) is 2.72. The smallest absolute Gasteiger partial charge is 0.425 e. The number of nitrogens with two attached hydrogens (primary N) is 2. The number of hydrogen-bond acceptors (Lipinski definition) is 6. The maximum Gasteiger partial charge on any atom is 0.425 e. The number of nitrogens with zero attached hydrogens (tertiary/aromatic N) is 2. The van der Waals surface area contributed by atoms with Gasteiger partial charge in [-0.1, -0.05) is 6.07 Å². The van der Waals surface area contributed by atoms with Gasteiger partial charge in [0.25, 0.3) is 6.02 Å². The van der Waals surface area contributed by atoms with Crippen LogP contribution in [0.5, 0.6) is 0 Å². The van der Waals surface area contributed by atoms with E-state index in [1.807, 2.05) is 0 Å². The van der Waals surface area contributed by atoms with Crippen LogP contribution in [0.4, 0.5) is 22.0 Å². The zero-order chi connectivity index (χ0) is 23.7. The highest BCUT2D eigenvalue weighted by atomic mass is 19.4. The lowest BCUT2D eigenvalue weighted by Crippen LogP contribution is -2.48. The van der Waals surface area contributed by atoms with Crippen LogP contribution in [0.2, 0.25) is 0 Å². The molecule has 1 aliphatic heterocycles. The molecule has 0 bridgehead atoms.